The SMILES string of the molecule is CCC(C)C(C(CC(=O)N1CCCC1C(CC(=O)NCCc1ccccc1)SC)OC)N(C)C(=O)C(C(C)C)C(C(N)=O)(C(C)C)N(C)C. The summed E-state index contributed by atoms with van der Waals surface area (Å²) in [4.78, 5) is 60.3. The third kappa shape index (κ3) is 10.2. The number of thioether (sulfide) groups is 1. The molecule has 1 saturated heterocycles. The highest BCUT2D eigenvalue weighted by Crippen LogP contribution is 2.39. The molecule has 4 amide bonds. The number of ether oxygens (including phenoxy) is 1. The van der Waals surface area contributed by atoms with Crippen LogP contribution >= 0.6 is 11.8 Å². The quantitative estimate of drug-likeness (QED) is 0.206. The number of nitrogens with one attached hydrogen (secondary N) is 1. The van der Waals surface area contributed by atoms with Crippen molar-refractivity contribution in [3.63, 3.8) is 0 Å². The van der Waals surface area contributed by atoms with Gasteiger partial charge in [0.2, 0.25) is 23.6 Å². The average molecular weight is 704 g/mol. The van der Waals surface area contributed by atoms with Crippen LogP contribution in [0.4, 0.5) is 0 Å². The maximum absolute atomic E-state index is 14.6. The number of benzene rings is 1. The summed E-state index contributed by atoms with van der Waals surface area (Å²) in [5.41, 5.74) is 6.08. The van der Waals surface area contributed by atoms with E-state index >= 15 is 0 Å². The van der Waals surface area contributed by atoms with Crippen molar-refractivity contribution in [2.24, 2.45) is 29.4 Å². The molecule has 0 radical (unpaired) electrons. The van der Waals surface area contributed by atoms with E-state index in [1.165, 1.54) is 5.56 Å². The summed E-state index contributed by atoms with van der Waals surface area (Å²) >= 11 is 1.63. The lowest BCUT2D eigenvalue weighted by Crippen LogP contribution is -2.68. The Labute approximate surface area is 300 Å². The Kier molecular flexibility index (Phi) is 17.1. The Morgan fingerprint density at radius 1 is 1.06 bits per heavy atom. The van der Waals surface area contributed by atoms with Gasteiger partial charge in [-0.05, 0) is 62.9 Å². The van der Waals surface area contributed by atoms with Gasteiger partial charge in [0.15, 0.2) is 0 Å². The monoisotopic (exact) mass is 703 g/mol. The number of likely N-dealkylation sites (N-methyl/N-ethyl adjacent to an activating group) is 2. The van der Waals surface area contributed by atoms with Crippen molar-refractivity contribution in [2.45, 2.75) is 109 Å². The lowest BCUT2D eigenvalue weighted by molar-refractivity contribution is -0.159. The summed E-state index contributed by atoms with van der Waals surface area (Å²) in [6.45, 7) is 13.1. The van der Waals surface area contributed by atoms with E-state index in [1.54, 1.807) is 49.8 Å². The number of primary amides is 1. The Bertz CT molecular complexity index is 1200. The Balaban J connectivity index is 2.27. The minimum Gasteiger partial charge on any atom is -0.379 e. The molecule has 1 aliphatic heterocycles. The highest BCUT2D eigenvalue weighted by Gasteiger charge is 2.55. The molecule has 0 spiro atoms. The van der Waals surface area contributed by atoms with E-state index in [9.17, 15) is 19.2 Å². The molecule has 1 aromatic carbocycles. The molecule has 0 aromatic heterocycles. The maximum atomic E-state index is 14.6. The first-order valence-corrected chi connectivity index (χ1v) is 19.3. The van der Waals surface area contributed by atoms with Crippen LogP contribution in [0.1, 0.15) is 79.2 Å². The molecule has 0 bridgehead atoms. The highest BCUT2D eigenvalue weighted by atomic mass is 32.2. The Hall–Kier alpha value is -2.63. The molecular weight excluding hydrogens is 639 g/mol. The summed E-state index contributed by atoms with van der Waals surface area (Å²) in [5, 5.41) is 3.03. The number of methoxy groups -OCH3 is 1. The van der Waals surface area contributed by atoms with Gasteiger partial charge in [0.25, 0.3) is 0 Å². The van der Waals surface area contributed by atoms with Gasteiger partial charge in [-0.25, -0.2) is 0 Å². The van der Waals surface area contributed by atoms with Crippen LogP contribution in [0.5, 0.6) is 0 Å². The van der Waals surface area contributed by atoms with E-state index in [-0.39, 0.29) is 53.2 Å². The number of rotatable bonds is 20. The van der Waals surface area contributed by atoms with Gasteiger partial charge in [-0.2, -0.15) is 11.8 Å². The molecule has 1 aliphatic rings. The summed E-state index contributed by atoms with van der Waals surface area (Å²) in [5.74, 6) is -1.87. The van der Waals surface area contributed by atoms with Crippen molar-refractivity contribution in [2.75, 3.05) is 47.6 Å². The summed E-state index contributed by atoms with van der Waals surface area (Å²) in [6.07, 6.45) is 5.12. The number of carbonyl (C=O) groups is 4. The van der Waals surface area contributed by atoms with E-state index in [2.05, 4.69) is 31.3 Å². The molecule has 2 rings (SSSR count). The largest absolute Gasteiger partial charge is 0.379 e. The van der Waals surface area contributed by atoms with E-state index in [0.29, 0.717) is 19.5 Å². The number of nitrogens with zero attached hydrogens (tertiary/aromatic N) is 3. The van der Waals surface area contributed by atoms with Gasteiger partial charge < -0.3 is 25.6 Å². The number of amides is 4. The Morgan fingerprint density at radius 3 is 2.18 bits per heavy atom. The summed E-state index contributed by atoms with van der Waals surface area (Å²) < 4.78 is 6.06. The molecule has 1 aromatic rings. The molecule has 10 nitrogen and oxygen atoms in total. The van der Waals surface area contributed by atoms with Crippen molar-refractivity contribution < 1.29 is 23.9 Å². The fourth-order valence-corrected chi connectivity index (χ4v) is 9.06. The number of carbonyl (C=O) groups excluding carboxylic acids is 4. The van der Waals surface area contributed by atoms with Crippen LogP contribution in [0.25, 0.3) is 0 Å². The molecule has 11 heteroatoms. The molecule has 0 saturated carbocycles. The minimum absolute atomic E-state index is 0.00724. The predicted molar refractivity (Wildman–Crippen MR) is 200 cm³/mol. The molecule has 49 heavy (non-hydrogen) atoms. The zero-order valence-corrected chi connectivity index (χ0v) is 32.8. The molecule has 1 fully saturated rings. The lowest BCUT2D eigenvalue weighted by atomic mass is 9.68. The third-order valence-corrected chi connectivity index (χ3v) is 11.9. The Morgan fingerprint density at radius 2 is 1.69 bits per heavy atom. The van der Waals surface area contributed by atoms with Crippen LogP contribution in [0.3, 0.4) is 0 Å². The van der Waals surface area contributed by atoms with E-state index in [1.807, 2.05) is 57.0 Å². The second kappa shape index (κ2) is 19.7. The predicted octanol–water partition coefficient (Wildman–Crippen LogP) is 4.45. The van der Waals surface area contributed by atoms with Gasteiger partial charge in [-0.15, -0.1) is 0 Å². The van der Waals surface area contributed by atoms with Crippen LogP contribution in [0, 0.1) is 23.7 Å². The van der Waals surface area contributed by atoms with Crippen molar-refractivity contribution >= 4 is 35.4 Å². The first-order chi connectivity index (χ1) is 23.1. The fourth-order valence-electron chi connectivity index (χ4n) is 8.14. The first-order valence-electron chi connectivity index (χ1n) is 18.0. The molecule has 7 unspecified atom stereocenters. The molecule has 0 aliphatic carbocycles. The fraction of sp³-hybridized carbons (Fsp3) is 0.737. The zero-order valence-electron chi connectivity index (χ0n) is 32.0. The molecular formula is C38H65N5O5S. The van der Waals surface area contributed by atoms with Crippen LogP contribution in [-0.4, -0.2) is 115 Å². The van der Waals surface area contributed by atoms with Crippen LogP contribution < -0.4 is 11.1 Å². The van der Waals surface area contributed by atoms with Crippen molar-refractivity contribution in [3.8, 4) is 0 Å². The van der Waals surface area contributed by atoms with Crippen molar-refractivity contribution in [1.29, 1.82) is 0 Å². The zero-order chi connectivity index (χ0) is 37.1. The number of hydrogen-bond donors (Lipinski definition) is 2. The minimum atomic E-state index is -1.21. The summed E-state index contributed by atoms with van der Waals surface area (Å²) in [7, 11) is 6.97. The van der Waals surface area contributed by atoms with Crippen LogP contribution in [0.15, 0.2) is 30.3 Å². The van der Waals surface area contributed by atoms with Crippen LogP contribution in [-0.2, 0) is 30.3 Å². The maximum Gasteiger partial charge on any atom is 0.239 e. The molecule has 278 valence electrons. The molecule has 1 heterocycles. The standard InChI is InChI=1S/C38H65N5O5S/c1-12-27(6)35(42(9)36(46)34(25(2)3)38(26(4)5,37(39)47)41(7)8)30(48-10)23-33(45)43-22-16-19-29(43)31(49-11)24-32(44)40-21-20-28-17-14-13-15-18-28/h13-15,17-18,25-27,29-31,34-35H,12,16,19-24H2,1-11H3,(H2,39,47)(H,40,44). The second-order valence-electron chi connectivity index (χ2n) is 14.6. The number of likely N-dealkylation sites (tertiary alicyclic amines) is 1. The summed E-state index contributed by atoms with van der Waals surface area (Å²) in [6, 6.07) is 9.60. The van der Waals surface area contributed by atoms with Gasteiger partial charge in [0.05, 0.1) is 24.5 Å². The highest BCUT2D eigenvalue weighted by molar-refractivity contribution is 7.99. The van der Waals surface area contributed by atoms with Gasteiger partial charge >= 0.3 is 0 Å². The van der Waals surface area contributed by atoms with Crippen molar-refractivity contribution in [3.05, 3.63) is 35.9 Å². The normalized spacial score (nSPS) is 19.3. The van der Waals surface area contributed by atoms with E-state index in [4.69, 9.17) is 10.5 Å². The van der Waals surface area contributed by atoms with Crippen LogP contribution in [0.2, 0.25) is 0 Å². The van der Waals surface area contributed by atoms with Gasteiger partial charge in [-0.3, -0.25) is 24.1 Å². The molecule has 3 N–H and O–H groups in total. The smallest absolute Gasteiger partial charge is 0.239 e. The number of nitrogens with two attached hydrogens (primary N) is 1. The van der Waals surface area contributed by atoms with Gasteiger partial charge in [0.1, 0.15) is 5.54 Å². The average Bonchev–Trinajstić information content (AvgIpc) is 3.55. The van der Waals surface area contributed by atoms with E-state index < -0.39 is 29.5 Å². The first kappa shape index (κ1) is 42.5. The number of hydrogen-bond acceptors (Lipinski definition) is 7. The van der Waals surface area contributed by atoms with Crippen molar-refractivity contribution in [1.82, 2.24) is 20.0 Å². The second-order valence-corrected chi connectivity index (χ2v) is 15.7. The van der Waals surface area contributed by atoms with Gasteiger partial charge in [-0.1, -0.05) is 78.3 Å². The topological polar surface area (TPSA) is 125 Å². The third-order valence-electron chi connectivity index (χ3n) is 10.8. The molecule has 7 atom stereocenters. The van der Waals surface area contributed by atoms with Gasteiger partial charge in [0, 0.05) is 45.0 Å². The lowest BCUT2D eigenvalue weighted by Gasteiger charge is -2.49. The van der Waals surface area contributed by atoms with E-state index in [0.717, 1.165) is 25.7 Å².